The molecule has 1 heterocycles. The first-order chi connectivity index (χ1) is 7.63. The van der Waals surface area contributed by atoms with Crippen LogP contribution in [0.3, 0.4) is 0 Å². The van der Waals surface area contributed by atoms with Crippen molar-refractivity contribution in [2.75, 3.05) is 0 Å². The summed E-state index contributed by atoms with van der Waals surface area (Å²) < 4.78 is 38.2. The Balaban J connectivity index is 2.83. The molecular formula is C10H10BrF3N2O. The van der Waals surface area contributed by atoms with Crippen LogP contribution in [0.4, 0.5) is 13.2 Å². The van der Waals surface area contributed by atoms with Crippen molar-refractivity contribution < 1.29 is 18.0 Å². The number of pyridine rings is 1. The average molecular weight is 311 g/mol. The maximum Gasteiger partial charge on any atom is 0.410 e. The molecule has 0 aliphatic rings. The molecule has 0 spiro atoms. The van der Waals surface area contributed by atoms with E-state index in [0.29, 0.717) is 4.47 Å². The molecule has 0 atom stereocenters. The van der Waals surface area contributed by atoms with Crippen LogP contribution in [0.2, 0.25) is 0 Å². The standard InChI is InChI=1S/C10H10BrF3N2O/c1-9(2,10(12,13)14)16-8(17)7-4-3-6(11)5-15-7/h3-5H,1-2H3,(H,16,17). The van der Waals surface area contributed by atoms with Crippen LogP contribution in [0.1, 0.15) is 24.3 Å². The van der Waals surface area contributed by atoms with Crippen molar-refractivity contribution in [3.05, 3.63) is 28.5 Å². The first-order valence-electron chi connectivity index (χ1n) is 4.64. The van der Waals surface area contributed by atoms with Gasteiger partial charge in [-0.2, -0.15) is 13.2 Å². The molecule has 0 unspecified atom stereocenters. The molecule has 1 rings (SSSR count). The summed E-state index contributed by atoms with van der Waals surface area (Å²) in [6.07, 6.45) is -3.17. The van der Waals surface area contributed by atoms with Crippen molar-refractivity contribution in [3.8, 4) is 0 Å². The lowest BCUT2D eigenvalue weighted by Crippen LogP contribution is -2.54. The van der Waals surface area contributed by atoms with Crippen molar-refractivity contribution >= 4 is 21.8 Å². The smallest absolute Gasteiger partial charge is 0.337 e. The first-order valence-corrected chi connectivity index (χ1v) is 5.43. The van der Waals surface area contributed by atoms with E-state index in [2.05, 4.69) is 20.9 Å². The highest BCUT2D eigenvalue weighted by Crippen LogP contribution is 2.29. The summed E-state index contributed by atoms with van der Waals surface area (Å²) in [5.74, 6) is -0.861. The Kier molecular flexibility index (Phi) is 3.81. The third kappa shape index (κ3) is 3.42. The highest BCUT2D eigenvalue weighted by atomic mass is 79.9. The van der Waals surface area contributed by atoms with Crippen molar-refractivity contribution in [3.63, 3.8) is 0 Å². The fourth-order valence-electron chi connectivity index (χ4n) is 0.929. The summed E-state index contributed by atoms with van der Waals surface area (Å²) >= 11 is 3.11. The molecule has 1 aromatic rings. The second-order valence-corrected chi connectivity index (χ2v) is 4.85. The summed E-state index contributed by atoms with van der Waals surface area (Å²) in [7, 11) is 0. The molecule has 0 bridgehead atoms. The average Bonchev–Trinajstić information content (AvgIpc) is 2.16. The zero-order chi connectivity index (χ0) is 13.3. The van der Waals surface area contributed by atoms with E-state index in [9.17, 15) is 18.0 Å². The van der Waals surface area contributed by atoms with Crippen LogP contribution in [0.25, 0.3) is 0 Å². The van der Waals surface area contributed by atoms with Crippen molar-refractivity contribution in [1.82, 2.24) is 10.3 Å². The lowest BCUT2D eigenvalue weighted by molar-refractivity contribution is -0.182. The van der Waals surface area contributed by atoms with Crippen LogP contribution < -0.4 is 5.32 Å². The molecule has 0 saturated carbocycles. The van der Waals surface area contributed by atoms with Crippen LogP contribution in [0, 0.1) is 0 Å². The molecular weight excluding hydrogens is 301 g/mol. The van der Waals surface area contributed by atoms with Crippen LogP contribution in [-0.4, -0.2) is 22.6 Å². The number of rotatable bonds is 2. The molecule has 0 aromatic carbocycles. The quantitative estimate of drug-likeness (QED) is 0.912. The number of halogens is 4. The Morgan fingerprint density at radius 2 is 1.94 bits per heavy atom. The van der Waals surface area contributed by atoms with Gasteiger partial charge in [0.2, 0.25) is 0 Å². The molecule has 1 aromatic heterocycles. The van der Waals surface area contributed by atoms with Gasteiger partial charge in [-0.3, -0.25) is 4.79 Å². The summed E-state index contributed by atoms with van der Waals surface area (Å²) in [5.41, 5.74) is -2.36. The number of hydrogen-bond donors (Lipinski definition) is 1. The maximum absolute atomic E-state index is 12.5. The predicted octanol–water partition coefficient (Wildman–Crippen LogP) is 2.91. The van der Waals surface area contributed by atoms with E-state index >= 15 is 0 Å². The van der Waals surface area contributed by atoms with Crippen LogP contribution in [-0.2, 0) is 0 Å². The topological polar surface area (TPSA) is 42.0 Å². The van der Waals surface area contributed by atoms with Gasteiger partial charge in [-0.15, -0.1) is 0 Å². The molecule has 17 heavy (non-hydrogen) atoms. The summed E-state index contributed by atoms with van der Waals surface area (Å²) in [6.45, 7) is 1.79. The Hall–Kier alpha value is -1.11. The minimum absolute atomic E-state index is 0.0643. The minimum atomic E-state index is -4.52. The zero-order valence-corrected chi connectivity index (χ0v) is 10.7. The summed E-state index contributed by atoms with van der Waals surface area (Å²) in [6, 6.07) is 2.87. The van der Waals surface area contributed by atoms with Gasteiger partial charge in [0.25, 0.3) is 5.91 Å². The summed E-state index contributed by atoms with van der Waals surface area (Å²) in [5, 5.41) is 1.89. The Morgan fingerprint density at radius 3 is 2.35 bits per heavy atom. The van der Waals surface area contributed by atoms with E-state index in [-0.39, 0.29) is 5.69 Å². The van der Waals surface area contributed by atoms with Gasteiger partial charge >= 0.3 is 6.18 Å². The van der Waals surface area contributed by atoms with E-state index in [4.69, 9.17) is 0 Å². The SMILES string of the molecule is CC(C)(NC(=O)c1ccc(Br)cn1)C(F)(F)F. The fraction of sp³-hybridized carbons (Fsp3) is 0.400. The van der Waals surface area contributed by atoms with Crippen molar-refractivity contribution in [1.29, 1.82) is 0 Å². The van der Waals surface area contributed by atoms with Crippen molar-refractivity contribution in [2.45, 2.75) is 25.6 Å². The van der Waals surface area contributed by atoms with Crippen LogP contribution in [0.15, 0.2) is 22.8 Å². The van der Waals surface area contributed by atoms with Gasteiger partial charge in [0, 0.05) is 10.7 Å². The number of nitrogens with one attached hydrogen (secondary N) is 1. The second-order valence-electron chi connectivity index (χ2n) is 3.94. The number of alkyl halides is 3. The van der Waals surface area contributed by atoms with Crippen molar-refractivity contribution in [2.24, 2.45) is 0 Å². The second kappa shape index (κ2) is 4.64. The van der Waals surface area contributed by atoms with E-state index in [1.54, 1.807) is 0 Å². The largest absolute Gasteiger partial charge is 0.410 e. The number of nitrogens with zero attached hydrogens (tertiary/aromatic N) is 1. The van der Waals surface area contributed by atoms with Gasteiger partial charge in [-0.1, -0.05) is 0 Å². The molecule has 0 fully saturated rings. The molecule has 3 nitrogen and oxygen atoms in total. The number of carbonyl (C=O) groups excluding carboxylic acids is 1. The fourth-order valence-corrected chi connectivity index (χ4v) is 1.16. The Labute approximate surface area is 105 Å². The lowest BCUT2D eigenvalue weighted by atomic mass is 10.1. The van der Waals surface area contributed by atoms with E-state index in [0.717, 1.165) is 13.8 Å². The van der Waals surface area contributed by atoms with Crippen LogP contribution >= 0.6 is 15.9 Å². The highest BCUT2D eigenvalue weighted by molar-refractivity contribution is 9.10. The van der Waals surface area contributed by atoms with E-state index in [1.165, 1.54) is 18.3 Å². The van der Waals surface area contributed by atoms with Gasteiger partial charge in [0.1, 0.15) is 11.2 Å². The summed E-state index contributed by atoms with van der Waals surface area (Å²) in [4.78, 5) is 15.2. The van der Waals surface area contributed by atoms with Gasteiger partial charge in [0.05, 0.1) is 0 Å². The third-order valence-corrected chi connectivity index (χ3v) is 2.56. The molecule has 1 amide bonds. The van der Waals surface area contributed by atoms with Crippen LogP contribution in [0.5, 0.6) is 0 Å². The molecule has 7 heteroatoms. The van der Waals surface area contributed by atoms with E-state index < -0.39 is 17.6 Å². The molecule has 1 N–H and O–H groups in total. The first kappa shape index (κ1) is 14.0. The van der Waals surface area contributed by atoms with E-state index in [1.807, 2.05) is 5.32 Å². The minimum Gasteiger partial charge on any atom is -0.337 e. The lowest BCUT2D eigenvalue weighted by Gasteiger charge is -2.28. The molecule has 0 aliphatic carbocycles. The molecule has 0 saturated heterocycles. The van der Waals surface area contributed by atoms with Gasteiger partial charge in [-0.05, 0) is 41.9 Å². The monoisotopic (exact) mass is 310 g/mol. The normalized spacial score (nSPS) is 12.4. The third-order valence-electron chi connectivity index (χ3n) is 2.09. The Morgan fingerprint density at radius 1 is 1.35 bits per heavy atom. The Bertz CT molecular complexity index is 415. The number of carbonyl (C=O) groups is 1. The predicted molar refractivity (Wildman–Crippen MR) is 59.5 cm³/mol. The van der Waals surface area contributed by atoms with Gasteiger partial charge in [0.15, 0.2) is 0 Å². The van der Waals surface area contributed by atoms with Gasteiger partial charge < -0.3 is 5.32 Å². The molecule has 94 valence electrons. The molecule has 0 radical (unpaired) electrons. The maximum atomic E-state index is 12.5. The molecule has 0 aliphatic heterocycles. The highest BCUT2D eigenvalue weighted by Gasteiger charge is 2.48. The number of hydrogen-bond acceptors (Lipinski definition) is 2. The number of amides is 1. The number of aromatic nitrogens is 1. The zero-order valence-electron chi connectivity index (χ0n) is 9.10. The van der Waals surface area contributed by atoms with Gasteiger partial charge in [-0.25, -0.2) is 4.98 Å².